The number of nitrogens with two attached hydrogens (primary N) is 1. The summed E-state index contributed by atoms with van der Waals surface area (Å²) in [6.07, 6.45) is 1.37. The van der Waals surface area contributed by atoms with Gasteiger partial charge in [-0.3, -0.25) is 4.79 Å². The zero-order valence-corrected chi connectivity index (χ0v) is 13.9. The van der Waals surface area contributed by atoms with E-state index in [4.69, 9.17) is 15.2 Å². The lowest BCUT2D eigenvalue weighted by molar-refractivity contribution is -0.126. The second kappa shape index (κ2) is 9.10. The van der Waals surface area contributed by atoms with Gasteiger partial charge in [0, 0.05) is 12.2 Å². The van der Waals surface area contributed by atoms with Crippen LogP contribution in [0.3, 0.4) is 0 Å². The maximum absolute atomic E-state index is 12.1. The molecule has 124 valence electrons. The molecule has 1 aromatic rings. The average molecular weight is 329 g/mol. The summed E-state index contributed by atoms with van der Waals surface area (Å²) in [5.41, 5.74) is 7.36. The Kier molecular flexibility index (Phi) is 7.82. The largest absolute Gasteiger partial charge is 0.374 e. The number of benzene rings is 1. The molecule has 0 aromatic heterocycles. The number of halogens is 1. The number of rotatable bonds is 6. The molecule has 1 aromatic carbocycles. The molecule has 22 heavy (non-hydrogen) atoms. The quantitative estimate of drug-likeness (QED) is 0.841. The number of ether oxygens (including phenoxy) is 2. The maximum atomic E-state index is 12.1. The number of hydrogen-bond acceptors (Lipinski definition) is 4. The SMILES string of the molecule is CC(C)OCc1cccc(NC(=O)[C@@H]2CC[C@H](CN)O2)c1.Cl. The fourth-order valence-corrected chi connectivity index (χ4v) is 2.30. The standard InChI is InChI=1S/C16H24N2O3.ClH/c1-11(2)20-10-12-4-3-5-13(8-12)18-16(19)15-7-6-14(9-17)21-15;/h3-5,8,11,14-15H,6-7,9-10,17H2,1-2H3,(H,18,19);1H/t14-,15+;/m1./s1. The molecule has 1 heterocycles. The van der Waals surface area contributed by atoms with Crippen LogP contribution in [0, 0.1) is 0 Å². The molecule has 3 N–H and O–H groups in total. The number of amides is 1. The first-order valence-corrected chi connectivity index (χ1v) is 7.45. The Hall–Kier alpha value is -1.14. The fourth-order valence-electron chi connectivity index (χ4n) is 2.30. The minimum absolute atomic E-state index is 0. The van der Waals surface area contributed by atoms with Gasteiger partial charge in [0.2, 0.25) is 0 Å². The number of hydrogen-bond donors (Lipinski definition) is 2. The Morgan fingerprint density at radius 3 is 2.86 bits per heavy atom. The van der Waals surface area contributed by atoms with Crippen molar-refractivity contribution < 1.29 is 14.3 Å². The molecule has 0 bridgehead atoms. The molecule has 1 fully saturated rings. The second-order valence-electron chi connectivity index (χ2n) is 5.61. The van der Waals surface area contributed by atoms with Gasteiger partial charge in [0.05, 0.1) is 18.8 Å². The van der Waals surface area contributed by atoms with Gasteiger partial charge in [0.25, 0.3) is 5.91 Å². The third-order valence-electron chi connectivity index (χ3n) is 3.44. The first kappa shape index (κ1) is 18.9. The molecule has 5 nitrogen and oxygen atoms in total. The van der Waals surface area contributed by atoms with Gasteiger partial charge >= 0.3 is 0 Å². The molecular formula is C16H25ClN2O3. The van der Waals surface area contributed by atoms with E-state index in [-0.39, 0.29) is 30.5 Å². The first-order valence-electron chi connectivity index (χ1n) is 7.45. The molecule has 1 aliphatic heterocycles. The smallest absolute Gasteiger partial charge is 0.253 e. The van der Waals surface area contributed by atoms with E-state index < -0.39 is 6.10 Å². The zero-order valence-electron chi connectivity index (χ0n) is 13.1. The van der Waals surface area contributed by atoms with Crippen molar-refractivity contribution in [3.63, 3.8) is 0 Å². The van der Waals surface area contributed by atoms with Crippen molar-refractivity contribution in [2.75, 3.05) is 11.9 Å². The summed E-state index contributed by atoms with van der Waals surface area (Å²) >= 11 is 0. The summed E-state index contributed by atoms with van der Waals surface area (Å²) in [6.45, 7) is 5.00. The lowest BCUT2D eigenvalue weighted by Crippen LogP contribution is -2.29. The normalized spacial score (nSPS) is 20.7. The highest BCUT2D eigenvalue weighted by Crippen LogP contribution is 2.21. The highest BCUT2D eigenvalue weighted by molar-refractivity contribution is 5.94. The van der Waals surface area contributed by atoms with Crippen molar-refractivity contribution in [2.45, 2.75) is 51.6 Å². The molecule has 0 saturated carbocycles. The van der Waals surface area contributed by atoms with Gasteiger partial charge in [-0.2, -0.15) is 0 Å². The van der Waals surface area contributed by atoms with E-state index in [1.165, 1.54) is 0 Å². The molecule has 1 amide bonds. The van der Waals surface area contributed by atoms with Crippen molar-refractivity contribution in [2.24, 2.45) is 5.73 Å². The van der Waals surface area contributed by atoms with Crippen LogP contribution in [0.2, 0.25) is 0 Å². The summed E-state index contributed by atoms with van der Waals surface area (Å²) in [6, 6.07) is 7.68. The number of anilines is 1. The van der Waals surface area contributed by atoms with Gasteiger partial charge in [-0.15, -0.1) is 12.4 Å². The molecule has 1 saturated heterocycles. The maximum Gasteiger partial charge on any atom is 0.253 e. The number of carbonyl (C=O) groups is 1. The molecule has 0 radical (unpaired) electrons. The Morgan fingerprint density at radius 1 is 1.45 bits per heavy atom. The van der Waals surface area contributed by atoms with E-state index in [1.807, 2.05) is 38.1 Å². The van der Waals surface area contributed by atoms with Crippen LogP contribution in [-0.4, -0.2) is 30.8 Å². The topological polar surface area (TPSA) is 73.6 Å². The molecular weight excluding hydrogens is 304 g/mol. The highest BCUT2D eigenvalue weighted by atomic mass is 35.5. The van der Waals surface area contributed by atoms with Gasteiger partial charge in [0.1, 0.15) is 6.10 Å². The summed E-state index contributed by atoms with van der Waals surface area (Å²) in [5.74, 6) is -0.104. The van der Waals surface area contributed by atoms with Gasteiger partial charge in [-0.05, 0) is 44.4 Å². The van der Waals surface area contributed by atoms with E-state index in [2.05, 4.69) is 5.32 Å². The minimum Gasteiger partial charge on any atom is -0.374 e. The van der Waals surface area contributed by atoms with Gasteiger partial charge in [-0.1, -0.05) is 12.1 Å². The van der Waals surface area contributed by atoms with Gasteiger partial charge in [0.15, 0.2) is 0 Å². The van der Waals surface area contributed by atoms with Crippen LogP contribution in [0.4, 0.5) is 5.69 Å². The van der Waals surface area contributed by atoms with E-state index in [9.17, 15) is 4.79 Å². The number of nitrogens with one attached hydrogen (secondary N) is 1. The summed E-state index contributed by atoms with van der Waals surface area (Å²) in [7, 11) is 0. The molecule has 1 aliphatic rings. The second-order valence-corrected chi connectivity index (χ2v) is 5.61. The third kappa shape index (κ3) is 5.57. The van der Waals surface area contributed by atoms with Crippen LogP contribution < -0.4 is 11.1 Å². The van der Waals surface area contributed by atoms with Gasteiger partial charge in [-0.25, -0.2) is 0 Å². The molecule has 6 heteroatoms. The Balaban J connectivity index is 0.00000242. The average Bonchev–Trinajstić information content (AvgIpc) is 2.94. The summed E-state index contributed by atoms with van der Waals surface area (Å²) in [5, 5.41) is 2.90. The molecule has 0 aliphatic carbocycles. The van der Waals surface area contributed by atoms with E-state index in [0.717, 1.165) is 24.1 Å². The minimum atomic E-state index is -0.394. The Labute approximate surface area is 138 Å². The zero-order chi connectivity index (χ0) is 15.2. The molecule has 0 spiro atoms. The van der Waals surface area contributed by atoms with E-state index in [0.29, 0.717) is 13.2 Å². The van der Waals surface area contributed by atoms with E-state index >= 15 is 0 Å². The lowest BCUT2D eigenvalue weighted by atomic mass is 10.1. The number of carbonyl (C=O) groups excluding carboxylic acids is 1. The predicted octanol–water partition coefficient (Wildman–Crippen LogP) is 2.48. The summed E-state index contributed by atoms with van der Waals surface area (Å²) < 4.78 is 11.2. The third-order valence-corrected chi connectivity index (χ3v) is 3.44. The van der Waals surface area contributed by atoms with E-state index in [1.54, 1.807) is 0 Å². The first-order chi connectivity index (χ1) is 10.1. The lowest BCUT2D eigenvalue weighted by Gasteiger charge is -2.13. The van der Waals surface area contributed by atoms with Crippen LogP contribution in [0.5, 0.6) is 0 Å². The van der Waals surface area contributed by atoms with Crippen molar-refractivity contribution in [1.29, 1.82) is 0 Å². The van der Waals surface area contributed by atoms with Crippen molar-refractivity contribution in [3.05, 3.63) is 29.8 Å². The monoisotopic (exact) mass is 328 g/mol. The molecule has 0 unspecified atom stereocenters. The van der Waals surface area contributed by atoms with Crippen molar-refractivity contribution in [1.82, 2.24) is 0 Å². The van der Waals surface area contributed by atoms with Gasteiger partial charge < -0.3 is 20.5 Å². The molecule has 2 atom stereocenters. The fraction of sp³-hybridized carbons (Fsp3) is 0.562. The van der Waals surface area contributed by atoms with Crippen LogP contribution in [-0.2, 0) is 20.9 Å². The highest BCUT2D eigenvalue weighted by Gasteiger charge is 2.29. The van der Waals surface area contributed by atoms with Crippen molar-refractivity contribution >= 4 is 24.0 Å². The summed E-state index contributed by atoms with van der Waals surface area (Å²) in [4.78, 5) is 12.1. The Bertz CT molecular complexity index is 482. The van der Waals surface area contributed by atoms with Crippen LogP contribution in [0.25, 0.3) is 0 Å². The van der Waals surface area contributed by atoms with Crippen LogP contribution in [0.1, 0.15) is 32.3 Å². The molecule has 2 rings (SSSR count). The Morgan fingerprint density at radius 2 is 2.23 bits per heavy atom. The van der Waals surface area contributed by atoms with Crippen LogP contribution in [0.15, 0.2) is 24.3 Å². The van der Waals surface area contributed by atoms with Crippen LogP contribution >= 0.6 is 12.4 Å². The predicted molar refractivity (Wildman–Crippen MR) is 89.2 cm³/mol. The van der Waals surface area contributed by atoms with Crippen molar-refractivity contribution in [3.8, 4) is 0 Å².